The zero-order valence-corrected chi connectivity index (χ0v) is 15.8. The summed E-state index contributed by atoms with van der Waals surface area (Å²) >= 11 is 0. The molecule has 0 amide bonds. The molecule has 0 radical (unpaired) electrons. The number of hydrogen-bond donors (Lipinski definition) is 0. The lowest BCUT2D eigenvalue weighted by atomic mass is 10.2. The number of benzene rings is 2. The Morgan fingerprint density at radius 1 is 1.14 bits per heavy atom. The Hall–Kier alpha value is -3.54. The van der Waals surface area contributed by atoms with Crippen LogP contribution in [0.3, 0.4) is 0 Å². The molecule has 6 nitrogen and oxygen atoms in total. The third-order valence-corrected chi connectivity index (χ3v) is 3.86. The van der Waals surface area contributed by atoms with Crippen LogP contribution in [0.1, 0.15) is 18.4 Å². The van der Waals surface area contributed by atoms with Crippen molar-refractivity contribution in [2.24, 2.45) is 0 Å². The van der Waals surface area contributed by atoms with Crippen LogP contribution in [-0.4, -0.2) is 24.7 Å². The number of allylic oxidation sites excluding steroid dienone is 1. The van der Waals surface area contributed by atoms with Crippen LogP contribution >= 0.6 is 0 Å². The number of methoxy groups -OCH3 is 1. The standard InChI is InChI=1S/C22H21NO5/c1-3-7-16-10-11-18(19(12-16)25-2)26-15-22(24)27-14-21-23-13-20(28-21)17-8-5-4-6-9-17/h3-13H,14-15H2,1-2H3/b7-3+. The van der Waals surface area contributed by atoms with Crippen LogP contribution in [0.25, 0.3) is 17.4 Å². The van der Waals surface area contributed by atoms with Crippen molar-refractivity contribution >= 4 is 12.0 Å². The van der Waals surface area contributed by atoms with Crippen LogP contribution in [-0.2, 0) is 16.1 Å². The maximum atomic E-state index is 12.0. The molecule has 1 heterocycles. The summed E-state index contributed by atoms with van der Waals surface area (Å²) < 4.78 is 21.6. The van der Waals surface area contributed by atoms with E-state index in [0.717, 1.165) is 11.1 Å². The van der Waals surface area contributed by atoms with Gasteiger partial charge in [-0.15, -0.1) is 0 Å². The normalized spacial score (nSPS) is 10.8. The fourth-order valence-corrected chi connectivity index (χ4v) is 2.53. The summed E-state index contributed by atoms with van der Waals surface area (Å²) in [5, 5.41) is 0. The van der Waals surface area contributed by atoms with E-state index in [1.165, 1.54) is 0 Å². The molecule has 6 heteroatoms. The highest BCUT2D eigenvalue weighted by Gasteiger charge is 2.12. The average molecular weight is 379 g/mol. The monoisotopic (exact) mass is 379 g/mol. The molecule has 0 aliphatic heterocycles. The lowest BCUT2D eigenvalue weighted by molar-refractivity contribution is -0.148. The number of ether oxygens (including phenoxy) is 3. The van der Waals surface area contributed by atoms with Gasteiger partial charge in [-0.3, -0.25) is 0 Å². The summed E-state index contributed by atoms with van der Waals surface area (Å²) in [6.07, 6.45) is 5.48. The fourth-order valence-electron chi connectivity index (χ4n) is 2.53. The topological polar surface area (TPSA) is 70.8 Å². The molecule has 0 saturated carbocycles. The SMILES string of the molecule is C/C=C/c1ccc(OCC(=O)OCc2ncc(-c3ccccc3)o2)c(OC)c1. The highest BCUT2D eigenvalue weighted by Crippen LogP contribution is 2.28. The predicted molar refractivity (Wildman–Crippen MR) is 105 cm³/mol. The van der Waals surface area contributed by atoms with Crippen molar-refractivity contribution in [3.8, 4) is 22.8 Å². The Morgan fingerprint density at radius 3 is 2.71 bits per heavy atom. The van der Waals surface area contributed by atoms with E-state index >= 15 is 0 Å². The summed E-state index contributed by atoms with van der Waals surface area (Å²) in [6, 6.07) is 15.0. The molecule has 0 saturated heterocycles. The van der Waals surface area contributed by atoms with Gasteiger partial charge in [-0.25, -0.2) is 9.78 Å². The second-order valence-electron chi connectivity index (χ2n) is 5.84. The number of carbonyl (C=O) groups is 1. The lowest BCUT2D eigenvalue weighted by Gasteiger charge is -2.10. The molecule has 0 atom stereocenters. The largest absolute Gasteiger partial charge is 0.493 e. The third-order valence-electron chi connectivity index (χ3n) is 3.86. The van der Waals surface area contributed by atoms with Crippen molar-refractivity contribution in [1.29, 1.82) is 0 Å². The number of nitrogens with zero attached hydrogens (tertiary/aromatic N) is 1. The van der Waals surface area contributed by atoms with Gasteiger partial charge >= 0.3 is 5.97 Å². The summed E-state index contributed by atoms with van der Waals surface area (Å²) in [5.74, 6) is 1.42. The molecule has 0 unspecified atom stereocenters. The van der Waals surface area contributed by atoms with Crippen molar-refractivity contribution in [2.45, 2.75) is 13.5 Å². The smallest absolute Gasteiger partial charge is 0.344 e. The molecule has 0 spiro atoms. The number of aromatic nitrogens is 1. The molecule has 3 rings (SSSR count). The average Bonchev–Trinajstić information content (AvgIpc) is 3.21. The minimum absolute atomic E-state index is 0.0631. The Kier molecular flexibility index (Phi) is 6.46. The van der Waals surface area contributed by atoms with Gasteiger partial charge in [-0.1, -0.05) is 48.6 Å². The third kappa shape index (κ3) is 5.01. The van der Waals surface area contributed by atoms with E-state index < -0.39 is 5.97 Å². The van der Waals surface area contributed by atoms with E-state index in [0.29, 0.717) is 23.1 Å². The zero-order valence-electron chi connectivity index (χ0n) is 15.8. The quantitative estimate of drug-likeness (QED) is 0.537. The van der Waals surface area contributed by atoms with Crippen molar-refractivity contribution in [3.63, 3.8) is 0 Å². The van der Waals surface area contributed by atoms with Gasteiger partial charge in [0.2, 0.25) is 5.89 Å². The maximum absolute atomic E-state index is 12.0. The number of esters is 1. The van der Waals surface area contributed by atoms with Crippen molar-refractivity contribution in [2.75, 3.05) is 13.7 Å². The Bertz CT molecular complexity index is 947. The van der Waals surface area contributed by atoms with Gasteiger partial charge < -0.3 is 18.6 Å². The van der Waals surface area contributed by atoms with Crippen LogP contribution in [0, 0.1) is 0 Å². The summed E-state index contributed by atoms with van der Waals surface area (Å²) in [4.78, 5) is 16.1. The second kappa shape index (κ2) is 9.41. The fraction of sp³-hybridized carbons (Fsp3) is 0.182. The van der Waals surface area contributed by atoms with E-state index in [2.05, 4.69) is 4.98 Å². The molecule has 28 heavy (non-hydrogen) atoms. The lowest BCUT2D eigenvalue weighted by Crippen LogP contribution is -2.15. The first kappa shape index (κ1) is 19.2. The van der Waals surface area contributed by atoms with Gasteiger partial charge in [0.1, 0.15) is 0 Å². The molecule has 0 fully saturated rings. The Balaban J connectivity index is 1.52. The number of hydrogen-bond acceptors (Lipinski definition) is 6. The Morgan fingerprint density at radius 2 is 1.96 bits per heavy atom. The van der Waals surface area contributed by atoms with Gasteiger partial charge in [0.15, 0.2) is 30.5 Å². The minimum atomic E-state index is -0.529. The highest BCUT2D eigenvalue weighted by molar-refractivity contribution is 5.71. The van der Waals surface area contributed by atoms with Crippen molar-refractivity contribution in [1.82, 2.24) is 4.98 Å². The van der Waals surface area contributed by atoms with Gasteiger partial charge in [0.25, 0.3) is 0 Å². The Labute approximate surface area is 163 Å². The summed E-state index contributed by atoms with van der Waals surface area (Å²) in [6.45, 7) is 1.63. The van der Waals surface area contributed by atoms with Crippen LogP contribution < -0.4 is 9.47 Å². The molecule has 1 aromatic heterocycles. The van der Waals surface area contributed by atoms with E-state index in [-0.39, 0.29) is 13.2 Å². The van der Waals surface area contributed by atoms with E-state index in [9.17, 15) is 4.79 Å². The van der Waals surface area contributed by atoms with Gasteiger partial charge in [0.05, 0.1) is 13.3 Å². The van der Waals surface area contributed by atoms with E-state index in [1.807, 2.05) is 61.5 Å². The molecule has 2 aromatic carbocycles. The summed E-state index contributed by atoms with van der Waals surface area (Å²) in [7, 11) is 1.55. The van der Waals surface area contributed by atoms with Crippen LogP contribution in [0.2, 0.25) is 0 Å². The molecule has 144 valence electrons. The predicted octanol–water partition coefficient (Wildman–Crippen LogP) is 4.51. The van der Waals surface area contributed by atoms with E-state index in [4.69, 9.17) is 18.6 Å². The number of oxazole rings is 1. The van der Waals surface area contributed by atoms with Crippen LogP contribution in [0.5, 0.6) is 11.5 Å². The van der Waals surface area contributed by atoms with E-state index in [1.54, 1.807) is 19.4 Å². The molecule has 0 aliphatic carbocycles. The van der Waals surface area contributed by atoms with Crippen molar-refractivity contribution < 1.29 is 23.4 Å². The molecule has 0 aliphatic rings. The van der Waals surface area contributed by atoms with Crippen LogP contribution in [0.4, 0.5) is 0 Å². The van der Waals surface area contributed by atoms with Gasteiger partial charge in [-0.05, 0) is 24.6 Å². The summed E-state index contributed by atoms with van der Waals surface area (Å²) in [5.41, 5.74) is 1.89. The van der Waals surface area contributed by atoms with Gasteiger partial charge in [-0.2, -0.15) is 0 Å². The zero-order chi connectivity index (χ0) is 19.8. The molecular formula is C22H21NO5. The van der Waals surface area contributed by atoms with Gasteiger partial charge in [0, 0.05) is 5.56 Å². The maximum Gasteiger partial charge on any atom is 0.344 e. The van der Waals surface area contributed by atoms with Crippen molar-refractivity contribution in [3.05, 3.63) is 72.3 Å². The minimum Gasteiger partial charge on any atom is -0.493 e. The molecule has 0 N–H and O–H groups in total. The number of rotatable bonds is 8. The first-order valence-corrected chi connectivity index (χ1v) is 8.79. The van der Waals surface area contributed by atoms with Crippen LogP contribution in [0.15, 0.2) is 65.2 Å². The second-order valence-corrected chi connectivity index (χ2v) is 5.84. The molecule has 3 aromatic rings. The first-order valence-electron chi connectivity index (χ1n) is 8.79. The highest BCUT2D eigenvalue weighted by atomic mass is 16.6. The first-order chi connectivity index (χ1) is 13.7. The molecular weight excluding hydrogens is 358 g/mol. The number of carbonyl (C=O) groups excluding carboxylic acids is 1. The molecule has 0 bridgehead atoms.